The maximum atomic E-state index is 9.99. The van der Waals surface area contributed by atoms with E-state index >= 15 is 0 Å². The summed E-state index contributed by atoms with van der Waals surface area (Å²) < 4.78 is 0. The van der Waals surface area contributed by atoms with Gasteiger partial charge in [0.05, 0.1) is 28.1 Å². The first-order chi connectivity index (χ1) is 27.2. The quantitative estimate of drug-likeness (QED) is 0.134. The monoisotopic (exact) mass is 947 g/mol. The molecule has 8 aromatic carbocycles. The second-order valence-electron chi connectivity index (χ2n) is 13.0. The zero-order chi connectivity index (χ0) is 37.9. The van der Waals surface area contributed by atoms with Crippen molar-refractivity contribution in [1.82, 2.24) is 0 Å². The SMILES string of the molecule is OC(CC(O)c1ccccc1)c1ccccc1.[Ir].c1ccc([PH+](c2ccccc2)c2ccccc2)cc1.c1ccc([PH+](c2ccccc2)c2ccccc2)cc1. The van der Waals surface area contributed by atoms with Crippen LogP contribution in [0.5, 0.6) is 0 Å². The van der Waals surface area contributed by atoms with Crippen LogP contribution in [0.3, 0.4) is 0 Å². The molecule has 0 amide bonds. The van der Waals surface area contributed by atoms with Crippen LogP contribution < -0.4 is 31.8 Å². The van der Waals surface area contributed by atoms with Crippen molar-refractivity contribution in [2.24, 2.45) is 0 Å². The van der Waals surface area contributed by atoms with Crippen molar-refractivity contribution in [2.75, 3.05) is 0 Å². The Balaban J connectivity index is 0.000000160. The topological polar surface area (TPSA) is 40.5 Å². The Labute approximate surface area is 348 Å². The van der Waals surface area contributed by atoms with Crippen molar-refractivity contribution in [3.63, 3.8) is 0 Å². The van der Waals surface area contributed by atoms with Gasteiger partial charge in [0.25, 0.3) is 0 Å². The second-order valence-corrected chi connectivity index (χ2v) is 18.0. The van der Waals surface area contributed by atoms with Crippen LogP contribution in [0, 0.1) is 0 Å². The molecule has 0 heterocycles. The van der Waals surface area contributed by atoms with E-state index in [-0.39, 0.29) is 20.1 Å². The molecule has 0 bridgehead atoms. The smallest absolute Gasteiger partial charge is 0.102 e. The van der Waals surface area contributed by atoms with E-state index in [4.69, 9.17) is 0 Å². The molecule has 0 aliphatic heterocycles. The minimum absolute atomic E-state index is 0. The van der Waals surface area contributed by atoms with Gasteiger partial charge in [-0.3, -0.25) is 0 Å². The fourth-order valence-corrected chi connectivity index (χ4v) is 11.6. The zero-order valence-corrected chi connectivity index (χ0v) is 35.6. The minimum atomic E-state index is -0.877. The fraction of sp³-hybridized carbons (Fsp3) is 0.0588. The first kappa shape index (κ1) is 42.3. The van der Waals surface area contributed by atoms with Crippen molar-refractivity contribution in [2.45, 2.75) is 18.6 Å². The van der Waals surface area contributed by atoms with Gasteiger partial charge in [0.15, 0.2) is 0 Å². The van der Waals surface area contributed by atoms with E-state index in [1.165, 1.54) is 31.8 Å². The number of hydrogen-bond acceptors (Lipinski definition) is 2. The van der Waals surface area contributed by atoms with Gasteiger partial charge in [0.2, 0.25) is 0 Å². The van der Waals surface area contributed by atoms with Gasteiger partial charge in [-0.15, -0.1) is 0 Å². The normalized spacial score (nSPS) is 11.5. The van der Waals surface area contributed by atoms with E-state index in [1.807, 2.05) is 60.7 Å². The van der Waals surface area contributed by atoms with E-state index < -0.39 is 28.1 Å². The van der Waals surface area contributed by atoms with Crippen molar-refractivity contribution in [3.05, 3.63) is 254 Å². The third kappa shape index (κ3) is 12.6. The third-order valence-corrected chi connectivity index (χ3v) is 14.7. The van der Waals surface area contributed by atoms with Gasteiger partial charge in [-0.25, -0.2) is 0 Å². The molecule has 0 saturated carbocycles. The predicted molar refractivity (Wildman–Crippen MR) is 241 cm³/mol. The van der Waals surface area contributed by atoms with Gasteiger partial charge in [-0.1, -0.05) is 170 Å². The molecule has 56 heavy (non-hydrogen) atoms. The first-order valence-electron chi connectivity index (χ1n) is 18.7. The number of hydrogen-bond donors (Lipinski definition) is 2. The van der Waals surface area contributed by atoms with E-state index in [0.29, 0.717) is 6.42 Å². The van der Waals surface area contributed by atoms with Crippen molar-refractivity contribution in [1.29, 1.82) is 0 Å². The van der Waals surface area contributed by atoms with Gasteiger partial charge < -0.3 is 10.2 Å². The Hall–Kier alpha value is -4.81. The molecule has 281 valence electrons. The van der Waals surface area contributed by atoms with Crippen LogP contribution in [0.25, 0.3) is 0 Å². The third-order valence-electron chi connectivity index (χ3n) is 9.19. The van der Waals surface area contributed by atoms with E-state index in [9.17, 15) is 10.2 Å². The molecule has 2 nitrogen and oxygen atoms in total. The maximum absolute atomic E-state index is 9.99. The Bertz CT molecular complexity index is 1850. The Morgan fingerprint density at radius 1 is 0.268 bits per heavy atom. The summed E-state index contributed by atoms with van der Waals surface area (Å²) in [6.45, 7) is 0. The molecule has 0 aliphatic carbocycles. The molecular formula is C51H48IrO2P2+2. The Morgan fingerprint density at radius 2 is 0.429 bits per heavy atom. The molecule has 8 rings (SSSR count). The standard InChI is InChI=1S/2C18H15P.C15H16O2.Ir/c2*1-4-10-16(11-5-1)19(17-12-6-2-7-13-17)18-14-8-3-9-15-18;16-14(12-7-3-1-4-8-12)11-15(17)13-9-5-2-6-10-13;/h2*1-15H;1-10,14-17H,11H2;/p+2. The number of rotatable bonds is 10. The summed E-state index contributed by atoms with van der Waals surface area (Å²) in [6.07, 6.45) is -0.952. The molecule has 2 unspecified atom stereocenters. The van der Waals surface area contributed by atoms with Crippen molar-refractivity contribution in [3.8, 4) is 0 Å². The maximum Gasteiger partial charge on any atom is 0.102 e. The number of aliphatic hydroxyl groups is 2. The molecule has 8 aromatic rings. The molecule has 5 heteroatoms. The van der Waals surface area contributed by atoms with Crippen LogP contribution >= 0.6 is 15.8 Å². The van der Waals surface area contributed by atoms with E-state index in [1.54, 1.807) is 0 Å². The molecule has 2 atom stereocenters. The first-order valence-corrected chi connectivity index (χ1v) is 21.7. The molecule has 0 fully saturated rings. The summed E-state index contributed by atoms with van der Waals surface area (Å²) in [4.78, 5) is 0. The molecule has 1 radical (unpaired) electrons. The van der Waals surface area contributed by atoms with Crippen molar-refractivity contribution < 1.29 is 30.3 Å². The largest absolute Gasteiger partial charge is 0.388 e. The molecule has 0 aromatic heterocycles. The Kier molecular flexibility index (Phi) is 17.6. The molecule has 0 saturated heterocycles. The van der Waals surface area contributed by atoms with Crippen LogP contribution in [0.4, 0.5) is 0 Å². The van der Waals surface area contributed by atoms with E-state index in [2.05, 4.69) is 182 Å². The summed E-state index contributed by atoms with van der Waals surface area (Å²) in [7, 11) is -1.75. The van der Waals surface area contributed by atoms with Crippen LogP contribution in [0.1, 0.15) is 29.8 Å². The number of aliphatic hydroxyl groups excluding tert-OH is 2. The average molecular weight is 947 g/mol. The summed E-state index contributed by atoms with van der Waals surface area (Å²) >= 11 is 0. The van der Waals surface area contributed by atoms with Crippen LogP contribution in [-0.2, 0) is 20.1 Å². The van der Waals surface area contributed by atoms with Gasteiger partial charge >= 0.3 is 0 Å². The number of benzene rings is 8. The zero-order valence-electron chi connectivity index (χ0n) is 31.2. The summed E-state index contributed by atoms with van der Waals surface area (Å²) in [5, 5.41) is 28.6. The van der Waals surface area contributed by atoms with E-state index in [0.717, 1.165) is 11.1 Å². The fourth-order valence-electron chi connectivity index (χ4n) is 6.46. The predicted octanol–water partition coefficient (Wildman–Crippen LogP) is 9.20. The Morgan fingerprint density at radius 3 is 0.607 bits per heavy atom. The minimum Gasteiger partial charge on any atom is -0.388 e. The average Bonchev–Trinajstić information content (AvgIpc) is 3.27. The van der Waals surface area contributed by atoms with Gasteiger partial charge in [0, 0.05) is 26.5 Å². The van der Waals surface area contributed by atoms with Crippen molar-refractivity contribution >= 4 is 47.7 Å². The molecule has 2 N–H and O–H groups in total. The summed E-state index contributed by atoms with van der Waals surface area (Å²) in [6, 6.07) is 83.8. The van der Waals surface area contributed by atoms with Crippen LogP contribution in [0.2, 0.25) is 0 Å². The van der Waals surface area contributed by atoms with Gasteiger partial charge in [0.1, 0.15) is 31.8 Å². The molecule has 0 spiro atoms. The molecular weight excluding hydrogens is 899 g/mol. The van der Waals surface area contributed by atoms with Gasteiger partial charge in [-0.05, 0) is 83.9 Å². The molecule has 0 aliphatic rings. The summed E-state index contributed by atoms with van der Waals surface area (Å²) in [5.41, 5.74) is 1.67. The summed E-state index contributed by atoms with van der Waals surface area (Å²) in [5.74, 6) is 0. The van der Waals surface area contributed by atoms with Gasteiger partial charge in [-0.2, -0.15) is 0 Å². The second kappa shape index (κ2) is 23.3. The van der Waals surface area contributed by atoms with Crippen LogP contribution in [0.15, 0.2) is 243 Å². The van der Waals surface area contributed by atoms with Crippen LogP contribution in [-0.4, -0.2) is 10.2 Å².